The van der Waals surface area contributed by atoms with E-state index in [4.69, 9.17) is 5.11 Å². The van der Waals surface area contributed by atoms with E-state index in [-0.39, 0.29) is 10.6 Å². The lowest BCUT2D eigenvalue weighted by Crippen LogP contribution is -2.17. The van der Waals surface area contributed by atoms with Crippen molar-refractivity contribution in [1.29, 1.82) is 0 Å². The topological polar surface area (TPSA) is 37.3 Å². The summed E-state index contributed by atoms with van der Waals surface area (Å²) < 4.78 is 12.6. The van der Waals surface area contributed by atoms with Crippen LogP contribution in [-0.4, -0.2) is 15.9 Å². The SMILES string of the molecule is O=C(O)C(Br)C(Br)c1ccc(F)cc1. The standard InChI is InChI=1S/C9H7Br2FO2/c10-7(8(11)9(13)14)5-1-3-6(12)4-2-5/h1-4,7-8H,(H,13,14). The highest BCUT2D eigenvalue weighted by atomic mass is 79.9. The average Bonchev–Trinajstić information content (AvgIpc) is 2.16. The molecule has 1 aromatic rings. The van der Waals surface area contributed by atoms with E-state index >= 15 is 0 Å². The van der Waals surface area contributed by atoms with Crippen molar-refractivity contribution in [2.45, 2.75) is 9.65 Å². The second kappa shape index (κ2) is 4.89. The van der Waals surface area contributed by atoms with Gasteiger partial charge in [0.25, 0.3) is 0 Å². The second-order valence-corrected chi connectivity index (χ2v) is 4.67. The lowest BCUT2D eigenvalue weighted by Gasteiger charge is -2.12. The van der Waals surface area contributed by atoms with Crippen molar-refractivity contribution in [3.05, 3.63) is 35.6 Å². The summed E-state index contributed by atoms with van der Waals surface area (Å²) in [6, 6.07) is 5.69. The molecule has 5 heteroatoms. The van der Waals surface area contributed by atoms with E-state index in [0.717, 1.165) is 5.56 Å². The van der Waals surface area contributed by atoms with Crippen LogP contribution in [0.15, 0.2) is 24.3 Å². The van der Waals surface area contributed by atoms with Gasteiger partial charge in [0.1, 0.15) is 10.6 Å². The van der Waals surface area contributed by atoms with Gasteiger partial charge in [0, 0.05) is 0 Å². The van der Waals surface area contributed by atoms with Crippen LogP contribution in [-0.2, 0) is 4.79 Å². The predicted molar refractivity (Wildman–Crippen MR) is 58.4 cm³/mol. The summed E-state index contributed by atoms with van der Waals surface area (Å²) in [6.45, 7) is 0. The lowest BCUT2D eigenvalue weighted by atomic mass is 10.1. The molecule has 0 fully saturated rings. The Morgan fingerprint density at radius 2 is 1.79 bits per heavy atom. The Kier molecular flexibility index (Phi) is 4.07. The summed E-state index contributed by atoms with van der Waals surface area (Å²) >= 11 is 6.25. The highest BCUT2D eigenvalue weighted by Crippen LogP contribution is 2.31. The fourth-order valence-electron chi connectivity index (χ4n) is 0.941. The van der Waals surface area contributed by atoms with E-state index in [1.165, 1.54) is 12.1 Å². The number of benzene rings is 1. The van der Waals surface area contributed by atoms with Gasteiger partial charge in [-0.3, -0.25) is 4.79 Å². The van der Waals surface area contributed by atoms with Crippen LogP contribution in [0.1, 0.15) is 10.4 Å². The Hall–Kier alpha value is -0.420. The normalized spacial score (nSPS) is 14.8. The number of alkyl halides is 2. The summed E-state index contributed by atoms with van der Waals surface area (Å²) in [7, 11) is 0. The first-order valence-electron chi connectivity index (χ1n) is 3.79. The molecule has 0 aliphatic carbocycles. The van der Waals surface area contributed by atoms with Crippen LogP contribution in [0.4, 0.5) is 4.39 Å². The molecular weight excluding hydrogens is 319 g/mol. The summed E-state index contributed by atoms with van der Waals surface area (Å²) in [5, 5.41) is 8.72. The minimum absolute atomic E-state index is 0.338. The number of carbonyl (C=O) groups is 1. The largest absolute Gasteiger partial charge is 0.480 e. The maximum atomic E-state index is 12.6. The summed E-state index contributed by atoms with van der Waals surface area (Å²) in [6.07, 6.45) is 0. The van der Waals surface area contributed by atoms with Crippen LogP contribution in [0.25, 0.3) is 0 Å². The molecule has 2 unspecified atom stereocenters. The molecule has 0 saturated carbocycles. The summed E-state index contributed by atoms with van der Waals surface area (Å²) in [4.78, 5) is 9.53. The molecule has 0 bridgehead atoms. The Morgan fingerprint density at radius 1 is 1.29 bits per heavy atom. The first kappa shape index (κ1) is 11.7. The monoisotopic (exact) mass is 324 g/mol. The molecule has 0 aliphatic rings. The van der Waals surface area contributed by atoms with Crippen molar-refractivity contribution in [3.63, 3.8) is 0 Å². The Labute approximate surface area is 97.4 Å². The number of halogens is 3. The van der Waals surface area contributed by atoms with Gasteiger partial charge in [-0.25, -0.2) is 4.39 Å². The van der Waals surface area contributed by atoms with Crippen molar-refractivity contribution in [1.82, 2.24) is 0 Å². The highest BCUT2D eigenvalue weighted by molar-refractivity contribution is 9.12. The first-order valence-corrected chi connectivity index (χ1v) is 5.62. The molecule has 14 heavy (non-hydrogen) atoms. The van der Waals surface area contributed by atoms with Crippen molar-refractivity contribution < 1.29 is 14.3 Å². The summed E-state index contributed by atoms with van der Waals surface area (Å²) in [5.74, 6) is -1.30. The number of rotatable bonds is 3. The van der Waals surface area contributed by atoms with Crippen molar-refractivity contribution in [2.24, 2.45) is 0 Å². The number of aliphatic carboxylic acids is 1. The molecule has 0 radical (unpaired) electrons. The minimum atomic E-state index is -0.962. The second-order valence-electron chi connectivity index (χ2n) is 2.69. The predicted octanol–water partition coefficient (Wildman–Crippen LogP) is 3.11. The molecule has 76 valence electrons. The van der Waals surface area contributed by atoms with Crippen molar-refractivity contribution in [2.75, 3.05) is 0 Å². The fraction of sp³-hybridized carbons (Fsp3) is 0.222. The fourth-order valence-corrected chi connectivity index (χ4v) is 1.78. The third-order valence-electron chi connectivity index (χ3n) is 1.68. The number of carboxylic acids is 1. The van der Waals surface area contributed by atoms with E-state index in [1.807, 2.05) is 0 Å². The van der Waals surface area contributed by atoms with Crippen molar-refractivity contribution >= 4 is 37.8 Å². The molecule has 1 N–H and O–H groups in total. The van der Waals surface area contributed by atoms with Gasteiger partial charge in [-0.2, -0.15) is 0 Å². The van der Waals surface area contributed by atoms with Gasteiger partial charge in [-0.15, -0.1) is 0 Å². The highest BCUT2D eigenvalue weighted by Gasteiger charge is 2.24. The van der Waals surface area contributed by atoms with Gasteiger partial charge in [-0.05, 0) is 17.7 Å². The van der Waals surface area contributed by atoms with Gasteiger partial charge in [-0.1, -0.05) is 44.0 Å². The molecule has 0 spiro atoms. The zero-order valence-corrected chi connectivity index (χ0v) is 10.1. The molecule has 0 saturated heterocycles. The maximum Gasteiger partial charge on any atom is 0.318 e. The molecule has 2 atom stereocenters. The molecule has 0 aromatic heterocycles. The quantitative estimate of drug-likeness (QED) is 0.867. The first-order chi connectivity index (χ1) is 6.52. The number of carboxylic acid groups (broad SMARTS) is 1. The van der Waals surface area contributed by atoms with Gasteiger partial charge in [0.15, 0.2) is 0 Å². The Morgan fingerprint density at radius 3 is 2.21 bits per heavy atom. The maximum absolute atomic E-state index is 12.6. The van der Waals surface area contributed by atoms with E-state index < -0.39 is 10.8 Å². The van der Waals surface area contributed by atoms with Crippen molar-refractivity contribution in [3.8, 4) is 0 Å². The van der Waals surface area contributed by atoms with Gasteiger partial charge in [0.05, 0.1) is 4.83 Å². The smallest absolute Gasteiger partial charge is 0.318 e. The molecule has 0 heterocycles. The average molecular weight is 326 g/mol. The molecule has 1 rings (SSSR count). The Bertz CT molecular complexity index is 326. The Balaban J connectivity index is 2.84. The molecule has 0 amide bonds. The number of hydrogen-bond acceptors (Lipinski definition) is 1. The number of hydrogen-bond donors (Lipinski definition) is 1. The third kappa shape index (κ3) is 2.78. The lowest BCUT2D eigenvalue weighted by molar-refractivity contribution is -0.136. The van der Waals surface area contributed by atoms with Crippen LogP contribution in [0.2, 0.25) is 0 Å². The van der Waals surface area contributed by atoms with Gasteiger partial charge in [0.2, 0.25) is 0 Å². The third-order valence-corrected chi connectivity index (χ3v) is 4.37. The van der Waals surface area contributed by atoms with E-state index in [9.17, 15) is 9.18 Å². The molecule has 0 aliphatic heterocycles. The van der Waals surface area contributed by atoms with Crippen LogP contribution < -0.4 is 0 Å². The van der Waals surface area contributed by atoms with E-state index in [0.29, 0.717) is 0 Å². The van der Waals surface area contributed by atoms with E-state index in [1.54, 1.807) is 12.1 Å². The van der Waals surface area contributed by atoms with Gasteiger partial charge >= 0.3 is 5.97 Å². The van der Waals surface area contributed by atoms with E-state index in [2.05, 4.69) is 31.9 Å². The zero-order chi connectivity index (χ0) is 10.7. The van der Waals surface area contributed by atoms with Gasteiger partial charge < -0.3 is 5.11 Å². The molecular formula is C9H7Br2FO2. The molecule has 2 nitrogen and oxygen atoms in total. The van der Waals surface area contributed by atoms with Crippen LogP contribution in [0.5, 0.6) is 0 Å². The van der Waals surface area contributed by atoms with Crippen LogP contribution >= 0.6 is 31.9 Å². The summed E-state index contributed by atoms with van der Waals surface area (Å²) in [5.41, 5.74) is 0.718. The molecule has 1 aromatic carbocycles. The zero-order valence-electron chi connectivity index (χ0n) is 6.95. The minimum Gasteiger partial charge on any atom is -0.480 e. The van der Waals surface area contributed by atoms with Crippen LogP contribution in [0, 0.1) is 5.82 Å². The van der Waals surface area contributed by atoms with Crippen LogP contribution in [0.3, 0.4) is 0 Å².